The topological polar surface area (TPSA) is 102 Å². The average molecular weight is 408 g/mol. The molecule has 9 heteroatoms. The second-order valence-electron chi connectivity index (χ2n) is 9.32. The van der Waals surface area contributed by atoms with Gasteiger partial charge in [-0.05, 0) is 72.1 Å². The van der Waals surface area contributed by atoms with E-state index < -0.39 is 0 Å². The summed E-state index contributed by atoms with van der Waals surface area (Å²) in [6, 6.07) is 3.34. The summed E-state index contributed by atoms with van der Waals surface area (Å²) < 4.78 is 0. The van der Waals surface area contributed by atoms with Crippen LogP contribution in [0.5, 0.6) is 0 Å². The average Bonchev–Trinajstić information content (AvgIpc) is 2.68. The SMILES string of the molecule is C=O.CB(O)N1[C@@H]2CCC[C@H]1CC(N)C2.CNC1C[C@H]2CCC[C@@H](C1)N2B(C)O. The fourth-order valence-corrected chi connectivity index (χ4v) is 6.33. The summed E-state index contributed by atoms with van der Waals surface area (Å²) in [7, 11) is 1.50. The monoisotopic (exact) mass is 408 g/mol. The lowest BCUT2D eigenvalue weighted by atomic mass is 9.71. The van der Waals surface area contributed by atoms with Crippen molar-refractivity contribution in [3.63, 3.8) is 0 Å². The van der Waals surface area contributed by atoms with Gasteiger partial charge in [-0.3, -0.25) is 0 Å². The first-order chi connectivity index (χ1) is 13.9. The number of fused-ring (bicyclic) bond motifs is 4. The molecule has 0 radical (unpaired) electrons. The van der Waals surface area contributed by atoms with Crippen LogP contribution in [-0.2, 0) is 4.79 Å². The molecule has 7 nitrogen and oxygen atoms in total. The Morgan fingerprint density at radius 1 is 0.828 bits per heavy atom. The van der Waals surface area contributed by atoms with Crippen molar-refractivity contribution >= 4 is 20.9 Å². The van der Waals surface area contributed by atoms with Crippen molar-refractivity contribution in [3.05, 3.63) is 0 Å². The lowest BCUT2D eigenvalue weighted by Crippen LogP contribution is -2.60. The van der Waals surface area contributed by atoms with Gasteiger partial charge in [0.25, 0.3) is 0 Å². The second-order valence-corrected chi connectivity index (χ2v) is 9.32. The number of carbonyl (C=O) groups excluding carboxylic acids is 1. The smallest absolute Gasteiger partial charge is 0.376 e. The molecule has 4 heterocycles. The molecule has 4 fully saturated rings. The molecule has 4 saturated heterocycles. The van der Waals surface area contributed by atoms with Gasteiger partial charge in [0.1, 0.15) is 6.79 Å². The van der Waals surface area contributed by atoms with Gasteiger partial charge in [-0.1, -0.05) is 12.8 Å². The summed E-state index contributed by atoms with van der Waals surface area (Å²) in [5.74, 6) is 0. The molecule has 29 heavy (non-hydrogen) atoms. The van der Waals surface area contributed by atoms with E-state index in [0.29, 0.717) is 36.3 Å². The number of piperidine rings is 4. The van der Waals surface area contributed by atoms with E-state index in [1.807, 2.05) is 20.4 Å². The molecule has 0 amide bonds. The maximum Gasteiger partial charge on any atom is 0.376 e. The van der Waals surface area contributed by atoms with Crippen LogP contribution >= 0.6 is 0 Å². The number of hydrogen-bond donors (Lipinski definition) is 4. The third-order valence-corrected chi connectivity index (χ3v) is 7.37. The van der Waals surface area contributed by atoms with Crippen LogP contribution < -0.4 is 11.1 Å². The first kappa shape index (κ1) is 24.8. The Bertz CT molecular complexity index is 461. The van der Waals surface area contributed by atoms with Gasteiger partial charge in [-0.25, -0.2) is 0 Å². The van der Waals surface area contributed by atoms with Crippen LogP contribution in [-0.4, -0.2) is 83.9 Å². The zero-order chi connectivity index (χ0) is 21.6. The van der Waals surface area contributed by atoms with Crippen molar-refractivity contribution in [3.8, 4) is 0 Å². The van der Waals surface area contributed by atoms with Crippen molar-refractivity contribution in [1.82, 2.24) is 14.9 Å². The summed E-state index contributed by atoms with van der Waals surface area (Å²) in [4.78, 5) is 12.6. The molecule has 4 aliphatic rings. The predicted octanol–water partition coefficient (Wildman–Crippen LogP) is 0.958. The second kappa shape index (κ2) is 11.8. The standard InChI is InChI=1S/C10H21BN2O.C9H19BN2O.CH2O/c1-11(14)13-9-4-3-5-10(13)7-8(6-9)12-2;1-10(13)12-8-3-2-4-9(12)6-7(11)5-8;1-2/h8-10,12,14H,3-7H2,1-2H3;7-9,13H,2-6,11H2,1H3;1H2/t8?,9-,10+;7?,8-,9+;. The van der Waals surface area contributed by atoms with Crippen molar-refractivity contribution in [1.29, 1.82) is 0 Å². The fourth-order valence-electron chi connectivity index (χ4n) is 6.33. The number of nitrogens with two attached hydrogens (primary N) is 1. The Morgan fingerprint density at radius 3 is 1.48 bits per heavy atom. The lowest BCUT2D eigenvalue weighted by Gasteiger charge is -2.49. The first-order valence-corrected chi connectivity index (χ1v) is 11.5. The molecule has 2 unspecified atom stereocenters. The minimum Gasteiger partial charge on any atom is -0.437 e. The Hall–Kier alpha value is -0.440. The summed E-state index contributed by atoms with van der Waals surface area (Å²) in [5.41, 5.74) is 5.98. The van der Waals surface area contributed by atoms with E-state index in [4.69, 9.17) is 10.5 Å². The van der Waals surface area contributed by atoms with E-state index in [9.17, 15) is 10.0 Å². The van der Waals surface area contributed by atoms with Gasteiger partial charge in [-0.2, -0.15) is 0 Å². The normalized spacial score (nSPS) is 36.8. The lowest BCUT2D eigenvalue weighted by molar-refractivity contribution is -0.0980. The van der Waals surface area contributed by atoms with Crippen LogP contribution in [0, 0.1) is 0 Å². The molecule has 166 valence electrons. The van der Waals surface area contributed by atoms with Gasteiger partial charge >= 0.3 is 14.1 Å². The molecule has 0 aliphatic carbocycles. The molecule has 0 aromatic rings. The van der Waals surface area contributed by atoms with Crippen LogP contribution in [0.1, 0.15) is 64.2 Å². The zero-order valence-electron chi connectivity index (χ0n) is 18.7. The predicted molar refractivity (Wildman–Crippen MR) is 121 cm³/mol. The summed E-state index contributed by atoms with van der Waals surface area (Å²) in [5, 5.41) is 22.8. The van der Waals surface area contributed by atoms with E-state index in [1.54, 1.807) is 0 Å². The molecule has 4 aliphatic heterocycles. The number of carbonyl (C=O) groups is 1. The maximum absolute atomic E-state index is 9.75. The molecular formula is C20H42B2N4O3. The van der Waals surface area contributed by atoms with Gasteiger partial charge in [0.15, 0.2) is 0 Å². The van der Waals surface area contributed by atoms with Crippen LogP contribution in [0.3, 0.4) is 0 Å². The number of rotatable bonds is 3. The van der Waals surface area contributed by atoms with Gasteiger partial charge in [0.2, 0.25) is 0 Å². The van der Waals surface area contributed by atoms with Gasteiger partial charge in [0.05, 0.1) is 0 Å². The maximum atomic E-state index is 9.75. The van der Waals surface area contributed by atoms with Crippen LogP contribution in [0.4, 0.5) is 0 Å². The summed E-state index contributed by atoms with van der Waals surface area (Å²) in [6.07, 6.45) is 12.2. The highest BCUT2D eigenvalue weighted by Gasteiger charge is 2.41. The van der Waals surface area contributed by atoms with Crippen molar-refractivity contribution in [2.24, 2.45) is 5.73 Å². The van der Waals surface area contributed by atoms with Crippen molar-refractivity contribution in [2.45, 2.75) is 114 Å². The third-order valence-electron chi connectivity index (χ3n) is 7.37. The van der Waals surface area contributed by atoms with Gasteiger partial charge in [0, 0.05) is 36.3 Å². The molecule has 0 aromatic heterocycles. The van der Waals surface area contributed by atoms with Crippen LogP contribution in [0.15, 0.2) is 0 Å². The Morgan fingerprint density at radius 2 is 1.17 bits per heavy atom. The largest absolute Gasteiger partial charge is 0.437 e. The Balaban J connectivity index is 0.000000191. The Kier molecular flexibility index (Phi) is 10.1. The van der Waals surface area contributed by atoms with Crippen LogP contribution in [0.25, 0.3) is 0 Å². The quantitative estimate of drug-likeness (QED) is 0.516. The number of nitrogens with one attached hydrogen (secondary N) is 1. The van der Waals surface area contributed by atoms with E-state index in [0.717, 1.165) is 12.8 Å². The molecule has 5 N–H and O–H groups in total. The molecule has 0 aromatic carbocycles. The molecule has 0 spiro atoms. The van der Waals surface area contributed by atoms with Crippen molar-refractivity contribution < 1.29 is 14.8 Å². The van der Waals surface area contributed by atoms with Crippen LogP contribution in [0.2, 0.25) is 13.6 Å². The fraction of sp³-hybridized carbons (Fsp3) is 0.950. The number of hydrogen-bond acceptors (Lipinski definition) is 7. The van der Waals surface area contributed by atoms with E-state index in [-0.39, 0.29) is 14.1 Å². The van der Waals surface area contributed by atoms with Gasteiger partial charge < -0.3 is 35.5 Å². The molecule has 4 rings (SSSR count). The van der Waals surface area contributed by atoms with Crippen molar-refractivity contribution in [2.75, 3.05) is 7.05 Å². The number of nitrogens with zero attached hydrogens (tertiary/aromatic N) is 2. The highest BCUT2D eigenvalue weighted by molar-refractivity contribution is 6.45. The highest BCUT2D eigenvalue weighted by atomic mass is 16.2. The van der Waals surface area contributed by atoms with Gasteiger partial charge in [-0.15, -0.1) is 0 Å². The third kappa shape index (κ3) is 6.28. The first-order valence-electron chi connectivity index (χ1n) is 11.5. The van der Waals surface area contributed by atoms with E-state index >= 15 is 0 Å². The zero-order valence-corrected chi connectivity index (χ0v) is 18.7. The molecular weight excluding hydrogens is 366 g/mol. The molecule has 6 atom stereocenters. The van der Waals surface area contributed by atoms with E-state index in [1.165, 1.54) is 51.4 Å². The summed E-state index contributed by atoms with van der Waals surface area (Å²) in [6.45, 7) is 5.78. The minimum atomic E-state index is -0.289. The molecule has 4 bridgehead atoms. The molecule has 0 saturated carbocycles. The highest BCUT2D eigenvalue weighted by Crippen LogP contribution is 2.34. The minimum absolute atomic E-state index is 0.261. The summed E-state index contributed by atoms with van der Waals surface area (Å²) >= 11 is 0. The van der Waals surface area contributed by atoms with E-state index in [2.05, 4.69) is 22.0 Å². The Labute approximate surface area is 178 Å².